The van der Waals surface area contributed by atoms with E-state index in [4.69, 9.17) is 9.47 Å². The van der Waals surface area contributed by atoms with Gasteiger partial charge < -0.3 is 24.6 Å². The van der Waals surface area contributed by atoms with Crippen molar-refractivity contribution >= 4 is 23.8 Å². The average Bonchev–Trinajstić information content (AvgIpc) is 3.70. The topological polar surface area (TPSA) is 131 Å². The largest absolute Gasteiger partial charge is 0.481 e. The first-order valence-electron chi connectivity index (χ1n) is 12.7. The molecule has 36 heavy (non-hydrogen) atoms. The Kier molecular flexibility index (Phi) is 8.68. The summed E-state index contributed by atoms with van der Waals surface area (Å²) in [5, 5.41) is 6.14. The molecule has 3 heterocycles. The molecular formula is C24H37N9O3. The zero-order chi connectivity index (χ0) is 25.5. The van der Waals surface area contributed by atoms with Gasteiger partial charge in [-0.15, -0.1) is 0 Å². The van der Waals surface area contributed by atoms with Crippen molar-refractivity contribution in [2.75, 3.05) is 57.7 Å². The zero-order valence-electron chi connectivity index (χ0n) is 21.7. The highest BCUT2D eigenvalue weighted by Gasteiger charge is 2.23. The number of nitrogens with one attached hydrogen (secondary N) is 2. The second-order valence-corrected chi connectivity index (χ2v) is 9.24. The number of amides is 1. The van der Waals surface area contributed by atoms with E-state index in [0.29, 0.717) is 54.8 Å². The van der Waals surface area contributed by atoms with E-state index in [0.717, 1.165) is 57.4 Å². The molecule has 2 N–H and O–H groups in total. The third-order valence-electron chi connectivity index (χ3n) is 6.34. The van der Waals surface area contributed by atoms with Gasteiger partial charge in [-0.05, 0) is 39.2 Å². The van der Waals surface area contributed by atoms with Crippen molar-refractivity contribution in [2.24, 2.45) is 0 Å². The molecule has 1 saturated heterocycles. The van der Waals surface area contributed by atoms with Crippen LogP contribution in [0.15, 0.2) is 0 Å². The van der Waals surface area contributed by atoms with Crippen molar-refractivity contribution in [2.45, 2.75) is 57.9 Å². The van der Waals surface area contributed by atoms with E-state index in [1.807, 2.05) is 6.92 Å². The third-order valence-corrected chi connectivity index (χ3v) is 6.34. The first kappa shape index (κ1) is 25.8. The molecule has 0 atom stereocenters. The number of likely N-dealkylation sites (N-methyl/N-ethyl adjacent to an activating group) is 1. The third kappa shape index (κ3) is 6.90. The van der Waals surface area contributed by atoms with Crippen molar-refractivity contribution in [3.05, 3.63) is 11.4 Å². The summed E-state index contributed by atoms with van der Waals surface area (Å²) in [5.74, 6) is 2.99. The summed E-state index contributed by atoms with van der Waals surface area (Å²) in [6, 6.07) is 0.390. The second kappa shape index (κ2) is 12.1. The molecule has 0 radical (unpaired) electrons. The van der Waals surface area contributed by atoms with Crippen LogP contribution in [0.3, 0.4) is 0 Å². The van der Waals surface area contributed by atoms with E-state index in [1.54, 1.807) is 14.2 Å². The predicted molar refractivity (Wildman–Crippen MR) is 136 cm³/mol. The average molecular weight is 500 g/mol. The van der Waals surface area contributed by atoms with Crippen LogP contribution in [-0.2, 0) is 17.6 Å². The number of ether oxygens (including phenoxy) is 2. The molecule has 0 aromatic carbocycles. The van der Waals surface area contributed by atoms with Crippen LogP contribution >= 0.6 is 0 Å². The second-order valence-electron chi connectivity index (χ2n) is 9.24. The summed E-state index contributed by atoms with van der Waals surface area (Å²) in [6.07, 6.45) is 5.59. The van der Waals surface area contributed by atoms with Crippen LogP contribution in [0.1, 0.15) is 50.4 Å². The lowest BCUT2D eigenvalue weighted by Gasteiger charge is -2.32. The molecule has 4 rings (SSSR count). The van der Waals surface area contributed by atoms with E-state index >= 15 is 0 Å². The normalized spacial score (nSPS) is 16.1. The van der Waals surface area contributed by atoms with Gasteiger partial charge >= 0.3 is 0 Å². The molecule has 12 heteroatoms. The zero-order valence-corrected chi connectivity index (χ0v) is 21.7. The van der Waals surface area contributed by atoms with Gasteiger partial charge in [-0.1, -0.05) is 6.92 Å². The molecule has 2 aromatic heterocycles. The summed E-state index contributed by atoms with van der Waals surface area (Å²) >= 11 is 0. The van der Waals surface area contributed by atoms with Crippen molar-refractivity contribution in [3.63, 3.8) is 0 Å². The van der Waals surface area contributed by atoms with Crippen molar-refractivity contribution in [3.8, 4) is 11.8 Å². The number of nitrogens with zero attached hydrogens (tertiary/aromatic N) is 7. The molecule has 1 amide bonds. The molecular weight excluding hydrogens is 462 g/mol. The van der Waals surface area contributed by atoms with Crippen molar-refractivity contribution in [1.29, 1.82) is 0 Å². The van der Waals surface area contributed by atoms with E-state index in [-0.39, 0.29) is 11.9 Å². The monoisotopic (exact) mass is 499 g/mol. The number of methoxy groups -OCH3 is 2. The maximum absolute atomic E-state index is 11.9. The maximum atomic E-state index is 11.9. The lowest BCUT2D eigenvalue weighted by molar-refractivity contribution is -0.121. The Labute approximate surface area is 212 Å². The van der Waals surface area contributed by atoms with Crippen LogP contribution in [0.5, 0.6) is 11.8 Å². The van der Waals surface area contributed by atoms with Crippen LogP contribution < -0.4 is 25.0 Å². The molecule has 1 saturated carbocycles. The summed E-state index contributed by atoms with van der Waals surface area (Å²) in [6.45, 7) is 5.65. The van der Waals surface area contributed by atoms with Gasteiger partial charge in [0.2, 0.25) is 35.5 Å². The lowest BCUT2D eigenvalue weighted by Crippen LogP contribution is -2.45. The standard InChI is InChI=1S/C24H37N9O3/c1-5-18-26-22(31-24(27-18)33-14-12-32(2)13-15-33)30-23-28-20(35-3)17(21(29-23)36-4)8-6-7-9-19(34)25-16-10-11-16/h16H,5-15H2,1-4H3,(H,25,34)(H,26,27,28,29,30,31). The fourth-order valence-electron chi connectivity index (χ4n) is 4.04. The van der Waals surface area contributed by atoms with E-state index in [9.17, 15) is 4.79 Å². The number of carbonyl (C=O) groups is 1. The first-order valence-corrected chi connectivity index (χ1v) is 12.7. The number of unbranched alkanes of at least 4 members (excludes halogenated alkanes) is 1. The smallest absolute Gasteiger partial charge is 0.236 e. The molecule has 2 aromatic rings. The van der Waals surface area contributed by atoms with E-state index in [2.05, 4.69) is 52.4 Å². The molecule has 2 aliphatic rings. The highest BCUT2D eigenvalue weighted by molar-refractivity contribution is 5.76. The Bertz CT molecular complexity index is 1010. The van der Waals surface area contributed by atoms with Gasteiger partial charge in [0, 0.05) is 45.1 Å². The van der Waals surface area contributed by atoms with Crippen LogP contribution in [0.4, 0.5) is 17.8 Å². The van der Waals surface area contributed by atoms with Crippen LogP contribution in [0.25, 0.3) is 0 Å². The first-order chi connectivity index (χ1) is 17.5. The van der Waals surface area contributed by atoms with Gasteiger partial charge in [-0.3, -0.25) is 10.1 Å². The van der Waals surface area contributed by atoms with E-state index in [1.165, 1.54) is 0 Å². The molecule has 0 bridgehead atoms. The fraction of sp³-hybridized carbons (Fsp3) is 0.667. The molecule has 1 aliphatic carbocycles. The highest BCUT2D eigenvalue weighted by Crippen LogP contribution is 2.29. The van der Waals surface area contributed by atoms with Crippen LogP contribution in [0.2, 0.25) is 0 Å². The van der Waals surface area contributed by atoms with Crippen molar-refractivity contribution < 1.29 is 14.3 Å². The summed E-state index contributed by atoms with van der Waals surface area (Å²) in [4.78, 5) is 39.3. The molecule has 0 unspecified atom stereocenters. The maximum Gasteiger partial charge on any atom is 0.236 e. The number of hydrogen-bond acceptors (Lipinski definition) is 11. The fourth-order valence-corrected chi connectivity index (χ4v) is 4.04. The molecule has 2 fully saturated rings. The SMILES string of the molecule is CCc1nc(Nc2nc(OC)c(CCCCC(=O)NC3CC3)c(OC)n2)nc(N2CCN(C)CC2)n1. The Morgan fingerprint density at radius 2 is 1.61 bits per heavy atom. The number of anilines is 3. The van der Waals surface area contributed by atoms with Gasteiger partial charge in [0.1, 0.15) is 5.82 Å². The molecule has 12 nitrogen and oxygen atoms in total. The van der Waals surface area contributed by atoms with Gasteiger partial charge in [-0.2, -0.15) is 24.9 Å². The highest BCUT2D eigenvalue weighted by atomic mass is 16.5. The van der Waals surface area contributed by atoms with Gasteiger partial charge in [-0.25, -0.2) is 0 Å². The van der Waals surface area contributed by atoms with Gasteiger partial charge in [0.05, 0.1) is 19.8 Å². The number of aryl methyl sites for hydroxylation is 1. The molecule has 0 spiro atoms. The number of hydrogen-bond donors (Lipinski definition) is 2. The quantitative estimate of drug-likeness (QED) is 0.414. The van der Waals surface area contributed by atoms with Crippen LogP contribution in [-0.4, -0.2) is 89.2 Å². The summed E-state index contributed by atoms with van der Waals surface area (Å²) in [5.41, 5.74) is 0.774. The Morgan fingerprint density at radius 3 is 2.22 bits per heavy atom. The van der Waals surface area contributed by atoms with E-state index < -0.39 is 0 Å². The predicted octanol–water partition coefficient (Wildman–Crippen LogP) is 1.73. The van der Waals surface area contributed by atoms with Gasteiger partial charge in [0.15, 0.2) is 0 Å². The molecule has 1 aliphatic heterocycles. The van der Waals surface area contributed by atoms with Crippen molar-refractivity contribution in [1.82, 2.24) is 35.1 Å². The lowest BCUT2D eigenvalue weighted by atomic mass is 10.1. The minimum absolute atomic E-state index is 0.118. The number of aromatic nitrogens is 5. The Hall–Kier alpha value is -3.28. The summed E-state index contributed by atoms with van der Waals surface area (Å²) in [7, 11) is 5.26. The minimum atomic E-state index is 0.118. The summed E-state index contributed by atoms with van der Waals surface area (Å²) < 4.78 is 11.1. The number of piperazine rings is 1. The Morgan fingerprint density at radius 1 is 0.944 bits per heavy atom. The van der Waals surface area contributed by atoms with Gasteiger partial charge in [0.25, 0.3) is 0 Å². The van der Waals surface area contributed by atoms with Crippen LogP contribution in [0, 0.1) is 0 Å². The number of carbonyl (C=O) groups excluding carboxylic acids is 1. The molecule has 196 valence electrons. The number of rotatable bonds is 12. The Balaban J connectivity index is 1.45. The minimum Gasteiger partial charge on any atom is -0.481 e.